The van der Waals surface area contributed by atoms with E-state index in [0.29, 0.717) is 0 Å². The lowest BCUT2D eigenvalue weighted by molar-refractivity contribution is -0.314. The second-order valence-electron chi connectivity index (χ2n) is 1.98. The fourth-order valence-corrected chi connectivity index (χ4v) is 0.344. The van der Waals surface area contributed by atoms with Crippen molar-refractivity contribution in [2.75, 3.05) is 0 Å². The molecule has 3 N–H and O–H groups in total. The van der Waals surface area contributed by atoms with Crippen molar-refractivity contribution in [3.05, 3.63) is 0 Å². The highest BCUT2D eigenvalue weighted by Crippen LogP contribution is 2.03. The fraction of sp³-hybridized carbons (Fsp3) is 0.800. The summed E-state index contributed by atoms with van der Waals surface area (Å²) < 4.78 is 0. The van der Waals surface area contributed by atoms with Crippen LogP contribution in [0.25, 0.3) is 0 Å². The topological polar surface area (TPSA) is 77.8 Å². The Kier molecular flexibility index (Phi) is 2.76. The lowest BCUT2D eigenvalue weighted by Gasteiger charge is -2.11. The van der Waals surface area contributed by atoms with Crippen LogP contribution in [0.1, 0.15) is 19.8 Å². The first-order valence-corrected chi connectivity index (χ1v) is 2.58. The second kappa shape index (κ2) is 2.91. The molecular weight excluding hydrogens is 124 g/mol. The van der Waals surface area contributed by atoms with Crippen LogP contribution >= 0.6 is 0 Å². The molecular formula is C5H10O4. The lowest BCUT2D eigenvalue weighted by Crippen LogP contribution is -2.27. The van der Waals surface area contributed by atoms with E-state index in [9.17, 15) is 4.79 Å². The number of aliphatic hydroxyl groups is 3. The van der Waals surface area contributed by atoms with Gasteiger partial charge in [-0.2, -0.15) is 0 Å². The molecule has 0 spiro atoms. The van der Waals surface area contributed by atoms with Gasteiger partial charge < -0.3 is 20.1 Å². The van der Waals surface area contributed by atoms with Crippen molar-refractivity contribution in [3.63, 3.8) is 0 Å². The predicted octanol–water partition coefficient (Wildman–Crippen LogP) is -1.01. The summed E-state index contributed by atoms with van der Waals surface area (Å²) in [6.07, 6.45) is -0.355. The Morgan fingerprint density at radius 1 is 1.44 bits per heavy atom. The summed E-state index contributed by atoms with van der Waals surface area (Å²) in [5.74, 6) is -2.87. The SMILES string of the molecule is CC(=O)CCC(O)(O)O. The zero-order valence-electron chi connectivity index (χ0n) is 5.16. The van der Waals surface area contributed by atoms with Crippen molar-refractivity contribution in [1.29, 1.82) is 0 Å². The van der Waals surface area contributed by atoms with E-state index < -0.39 is 5.97 Å². The molecule has 0 radical (unpaired) electrons. The number of Topliss-reactive ketones (excluding diaryl/α,β-unsaturated/α-hetero) is 1. The molecule has 9 heavy (non-hydrogen) atoms. The molecule has 0 bridgehead atoms. The molecule has 0 aliphatic heterocycles. The van der Waals surface area contributed by atoms with Crippen LogP contribution in [0.15, 0.2) is 0 Å². The predicted molar refractivity (Wildman–Crippen MR) is 29.3 cm³/mol. The average molecular weight is 134 g/mol. The van der Waals surface area contributed by atoms with Gasteiger partial charge in [-0.25, -0.2) is 0 Å². The molecule has 54 valence electrons. The Bertz CT molecular complexity index is 102. The Morgan fingerprint density at radius 3 is 2.00 bits per heavy atom. The number of hydrogen-bond donors (Lipinski definition) is 3. The molecule has 0 fully saturated rings. The maximum absolute atomic E-state index is 10.2. The van der Waals surface area contributed by atoms with Crippen LogP contribution in [0, 0.1) is 0 Å². The standard InChI is InChI=1S/C5H10O4/c1-4(6)2-3-5(7,8)9/h7-9H,2-3H2,1H3. The summed E-state index contributed by atoms with van der Waals surface area (Å²) in [6, 6.07) is 0. The monoisotopic (exact) mass is 134 g/mol. The van der Waals surface area contributed by atoms with Gasteiger partial charge in [0.15, 0.2) is 0 Å². The van der Waals surface area contributed by atoms with E-state index in [1.807, 2.05) is 0 Å². The molecule has 0 saturated carbocycles. The van der Waals surface area contributed by atoms with Crippen LogP contribution in [0.2, 0.25) is 0 Å². The molecule has 0 aliphatic rings. The van der Waals surface area contributed by atoms with Gasteiger partial charge in [-0.05, 0) is 6.92 Å². The van der Waals surface area contributed by atoms with Crippen molar-refractivity contribution in [3.8, 4) is 0 Å². The molecule has 0 unspecified atom stereocenters. The summed E-state index contributed by atoms with van der Waals surface area (Å²) in [5.41, 5.74) is 0. The van der Waals surface area contributed by atoms with Gasteiger partial charge in [0.05, 0.1) is 0 Å². The molecule has 0 amide bonds. The number of rotatable bonds is 3. The van der Waals surface area contributed by atoms with Gasteiger partial charge in [0, 0.05) is 12.8 Å². The van der Waals surface area contributed by atoms with Crippen LogP contribution in [-0.2, 0) is 4.79 Å². The van der Waals surface area contributed by atoms with Crippen LogP contribution < -0.4 is 0 Å². The third kappa shape index (κ3) is 7.55. The van der Waals surface area contributed by atoms with Gasteiger partial charge in [-0.3, -0.25) is 0 Å². The fourth-order valence-electron chi connectivity index (χ4n) is 0.344. The van der Waals surface area contributed by atoms with E-state index in [1.54, 1.807) is 0 Å². The van der Waals surface area contributed by atoms with Crippen molar-refractivity contribution in [1.82, 2.24) is 0 Å². The summed E-state index contributed by atoms with van der Waals surface area (Å²) in [7, 11) is 0. The molecule has 0 aromatic rings. The molecule has 0 atom stereocenters. The Balaban J connectivity index is 3.39. The highest BCUT2D eigenvalue weighted by molar-refractivity contribution is 5.75. The van der Waals surface area contributed by atoms with E-state index in [4.69, 9.17) is 15.3 Å². The molecule has 0 heterocycles. The number of carbonyl (C=O) groups is 1. The molecule has 0 saturated heterocycles. The number of hydrogen-bond acceptors (Lipinski definition) is 4. The average Bonchev–Trinajstić information content (AvgIpc) is 1.59. The zero-order valence-corrected chi connectivity index (χ0v) is 5.16. The van der Waals surface area contributed by atoms with Gasteiger partial charge in [0.1, 0.15) is 5.78 Å². The van der Waals surface area contributed by atoms with E-state index in [0.717, 1.165) is 0 Å². The minimum Gasteiger partial charge on any atom is -0.344 e. The summed E-state index contributed by atoms with van der Waals surface area (Å²) in [6.45, 7) is 1.31. The smallest absolute Gasteiger partial charge is 0.275 e. The maximum Gasteiger partial charge on any atom is 0.275 e. The maximum atomic E-state index is 10.2. The summed E-state index contributed by atoms with van der Waals surface area (Å²) in [4.78, 5) is 10.2. The Labute approximate surface area is 52.7 Å². The lowest BCUT2D eigenvalue weighted by atomic mass is 10.2. The number of carbonyl (C=O) groups excluding carboxylic acids is 1. The normalized spacial score (nSPS) is 11.6. The highest BCUT2D eigenvalue weighted by Gasteiger charge is 2.17. The van der Waals surface area contributed by atoms with Crippen LogP contribution in [-0.4, -0.2) is 27.1 Å². The third-order valence-corrected chi connectivity index (χ3v) is 0.812. The minimum absolute atomic E-state index is 0.0243. The van der Waals surface area contributed by atoms with Crippen molar-refractivity contribution in [2.24, 2.45) is 0 Å². The summed E-state index contributed by atoms with van der Waals surface area (Å²) >= 11 is 0. The van der Waals surface area contributed by atoms with Gasteiger partial charge in [-0.1, -0.05) is 0 Å². The summed E-state index contributed by atoms with van der Waals surface area (Å²) in [5, 5.41) is 24.7. The van der Waals surface area contributed by atoms with Gasteiger partial charge in [0.2, 0.25) is 0 Å². The zero-order chi connectivity index (χ0) is 7.49. The Hall–Kier alpha value is -0.450. The van der Waals surface area contributed by atoms with E-state index in [-0.39, 0.29) is 18.6 Å². The van der Waals surface area contributed by atoms with E-state index in [2.05, 4.69) is 0 Å². The van der Waals surface area contributed by atoms with Gasteiger partial charge in [0.25, 0.3) is 5.97 Å². The third-order valence-electron chi connectivity index (χ3n) is 0.812. The molecule has 4 heteroatoms. The molecule has 0 aliphatic carbocycles. The molecule has 0 aromatic carbocycles. The van der Waals surface area contributed by atoms with Gasteiger partial charge >= 0.3 is 0 Å². The van der Waals surface area contributed by atoms with Crippen LogP contribution in [0.4, 0.5) is 0 Å². The van der Waals surface area contributed by atoms with Crippen LogP contribution in [0.5, 0.6) is 0 Å². The highest BCUT2D eigenvalue weighted by atomic mass is 16.7. The minimum atomic E-state index is -2.69. The molecule has 0 aromatic heterocycles. The van der Waals surface area contributed by atoms with Crippen molar-refractivity contribution < 1.29 is 20.1 Å². The molecule has 0 rings (SSSR count). The Morgan fingerprint density at radius 2 is 1.89 bits per heavy atom. The van der Waals surface area contributed by atoms with Crippen LogP contribution in [0.3, 0.4) is 0 Å². The van der Waals surface area contributed by atoms with Crippen molar-refractivity contribution >= 4 is 5.78 Å². The first-order valence-electron chi connectivity index (χ1n) is 2.58. The van der Waals surface area contributed by atoms with E-state index in [1.165, 1.54) is 6.92 Å². The van der Waals surface area contributed by atoms with Crippen molar-refractivity contribution in [2.45, 2.75) is 25.7 Å². The second-order valence-corrected chi connectivity index (χ2v) is 1.98. The largest absolute Gasteiger partial charge is 0.344 e. The number of ketones is 1. The van der Waals surface area contributed by atoms with E-state index >= 15 is 0 Å². The first-order chi connectivity index (χ1) is 3.92. The quantitative estimate of drug-likeness (QED) is 0.432. The van der Waals surface area contributed by atoms with Gasteiger partial charge in [-0.15, -0.1) is 0 Å². The molecule has 4 nitrogen and oxygen atoms in total. The first kappa shape index (κ1) is 8.55.